The van der Waals surface area contributed by atoms with Gasteiger partial charge in [-0.1, -0.05) is 109 Å². The van der Waals surface area contributed by atoms with Crippen LogP contribution in [-0.2, 0) is 5.41 Å². The Kier molecular flexibility index (Phi) is 6.78. The average Bonchev–Trinajstić information content (AvgIpc) is 3.02. The van der Waals surface area contributed by atoms with Crippen LogP contribution in [0.2, 0.25) is 0 Å². The van der Waals surface area contributed by atoms with E-state index in [-0.39, 0.29) is 17.2 Å². The van der Waals surface area contributed by atoms with E-state index in [2.05, 4.69) is 79.7 Å². The predicted octanol–water partition coefficient (Wildman–Crippen LogP) is 9.16. The molecule has 0 aliphatic carbocycles. The second-order valence-electron chi connectivity index (χ2n) is 10.5. The van der Waals surface area contributed by atoms with Crippen molar-refractivity contribution in [1.82, 2.24) is 0 Å². The van der Waals surface area contributed by atoms with Crippen LogP contribution in [0.1, 0.15) is 23.6 Å². The summed E-state index contributed by atoms with van der Waals surface area (Å²) in [6.07, 6.45) is 0. The van der Waals surface area contributed by atoms with Gasteiger partial charge in [0, 0.05) is 5.41 Å². The zero-order valence-corrected chi connectivity index (χ0v) is 22.7. The van der Waals surface area contributed by atoms with Crippen LogP contribution in [0.15, 0.2) is 146 Å². The highest BCUT2D eigenvalue weighted by Gasteiger charge is 2.31. The van der Waals surface area contributed by atoms with Crippen molar-refractivity contribution in [3.8, 4) is 50.6 Å². The molecule has 3 N–H and O–H groups in total. The van der Waals surface area contributed by atoms with Crippen LogP contribution >= 0.6 is 0 Å². The molecule has 0 aliphatic rings. The molecule has 0 fully saturated rings. The Labute approximate surface area is 240 Å². The SMILES string of the molecule is CC(c1ccc(-c2ccc(O)cc2)cc1)(c1ccc(-c2ccc(O)cc2)cc1)c1ccc(-c2ccc(O)cc2)cc1. The van der Waals surface area contributed by atoms with Gasteiger partial charge in [0.2, 0.25) is 0 Å². The van der Waals surface area contributed by atoms with Crippen molar-refractivity contribution in [3.63, 3.8) is 0 Å². The number of hydrogen-bond acceptors (Lipinski definition) is 3. The van der Waals surface area contributed by atoms with Crippen LogP contribution in [0, 0.1) is 0 Å². The van der Waals surface area contributed by atoms with Crippen molar-refractivity contribution in [3.05, 3.63) is 162 Å². The fourth-order valence-electron chi connectivity index (χ4n) is 5.45. The number of aromatic hydroxyl groups is 3. The first-order valence-corrected chi connectivity index (χ1v) is 13.6. The van der Waals surface area contributed by atoms with Gasteiger partial charge in [0.05, 0.1) is 0 Å². The maximum Gasteiger partial charge on any atom is 0.115 e. The first-order chi connectivity index (χ1) is 19.9. The molecule has 6 rings (SSSR count). The second-order valence-corrected chi connectivity index (χ2v) is 10.5. The minimum absolute atomic E-state index is 0.254. The third-order valence-electron chi connectivity index (χ3n) is 7.99. The van der Waals surface area contributed by atoms with Gasteiger partial charge >= 0.3 is 0 Å². The largest absolute Gasteiger partial charge is 0.508 e. The molecule has 41 heavy (non-hydrogen) atoms. The molecule has 0 heterocycles. The van der Waals surface area contributed by atoms with Crippen molar-refractivity contribution in [2.75, 3.05) is 0 Å². The quantitative estimate of drug-likeness (QED) is 0.187. The van der Waals surface area contributed by atoms with Crippen LogP contribution in [-0.4, -0.2) is 15.3 Å². The van der Waals surface area contributed by atoms with Crippen LogP contribution in [0.3, 0.4) is 0 Å². The van der Waals surface area contributed by atoms with Gasteiger partial charge in [-0.2, -0.15) is 0 Å². The summed E-state index contributed by atoms with van der Waals surface area (Å²) in [5, 5.41) is 29.1. The number of phenolic OH excluding ortho intramolecular Hbond substituents is 3. The van der Waals surface area contributed by atoms with Crippen molar-refractivity contribution >= 4 is 0 Å². The van der Waals surface area contributed by atoms with Gasteiger partial charge in [0.25, 0.3) is 0 Å². The van der Waals surface area contributed by atoms with Gasteiger partial charge in [0.15, 0.2) is 0 Å². The summed E-state index contributed by atoms with van der Waals surface area (Å²) in [5.74, 6) is 0.762. The zero-order valence-electron chi connectivity index (χ0n) is 22.7. The molecule has 3 nitrogen and oxygen atoms in total. The molecule has 0 aromatic heterocycles. The van der Waals surface area contributed by atoms with E-state index in [1.54, 1.807) is 36.4 Å². The molecule has 0 atom stereocenters. The van der Waals surface area contributed by atoms with Gasteiger partial charge in [-0.15, -0.1) is 0 Å². The van der Waals surface area contributed by atoms with Crippen LogP contribution in [0.4, 0.5) is 0 Å². The van der Waals surface area contributed by atoms with Crippen molar-refractivity contribution in [1.29, 1.82) is 0 Å². The number of phenols is 3. The molecule has 3 heteroatoms. The summed E-state index contributed by atoms with van der Waals surface area (Å²) in [7, 11) is 0. The standard InChI is InChI=1S/C38H30O3/c1-38(32-14-2-26(3-15-32)29-8-20-35(39)21-9-29,33-16-4-27(5-17-33)30-10-22-36(40)23-11-30)34-18-6-28(7-19-34)31-12-24-37(41)25-13-31/h2-25,39-41H,1H3. The molecule has 0 aliphatic heterocycles. The first-order valence-electron chi connectivity index (χ1n) is 13.6. The molecule has 6 aromatic carbocycles. The zero-order chi connectivity index (χ0) is 28.4. The Morgan fingerprint density at radius 3 is 0.659 bits per heavy atom. The van der Waals surface area contributed by atoms with E-state index in [1.807, 2.05) is 36.4 Å². The van der Waals surface area contributed by atoms with Gasteiger partial charge in [-0.25, -0.2) is 0 Å². The fourth-order valence-corrected chi connectivity index (χ4v) is 5.45. The molecule has 0 radical (unpaired) electrons. The Morgan fingerprint density at radius 1 is 0.293 bits per heavy atom. The van der Waals surface area contributed by atoms with Gasteiger partial charge in [0.1, 0.15) is 17.2 Å². The molecule has 0 amide bonds. The minimum atomic E-state index is -0.436. The lowest BCUT2D eigenvalue weighted by atomic mass is 9.70. The van der Waals surface area contributed by atoms with E-state index in [4.69, 9.17) is 0 Å². The van der Waals surface area contributed by atoms with Crippen molar-refractivity contribution in [2.45, 2.75) is 12.3 Å². The molecule has 0 unspecified atom stereocenters. The van der Waals surface area contributed by atoms with Crippen LogP contribution in [0.5, 0.6) is 17.2 Å². The number of rotatable bonds is 6. The highest BCUT2D eigenvalue weighted by molar-refractivity contribution is 5.69. The van der Waals surface area contributed by atoms with E-state index in [1.165, 1.54) is 0 Å². The first kappa shape index (κ1) is 26.0. The van der Waals surface area contributed by atoms with Crippen molar-refractivity contribution < 1.29 is 15.3 Å². The molecule has 0 saturated heterocycles. The summed E-state index contributed by atoms with van der Waals surface area (Å²) >= 11 is 0. The Bertz CT molecular complexity index is 1540. The molecule has 0 spiro atoms. The van der Waals surface area contributed by atoms with Crippen LogP contribution < -0.4 is 0 Å². The number of hydrogen-bond donors (Lipinski definition) is 3. The molecule has 0 saturated carbocycles. The lowest BCUT2D eigenvalue weighted by Gasteiger charge is -2.32. The maximum absolute atomic E-state index is 9.69. The highest BCUT2D eigenvalue weighted by atomic mass is 16.3. The van der Waals surface area contributed by atoms with Gasteiger partial charge < -0.3 is 15.3 Å². The fraction of sp³-hybridized carbons (Fsp3) is 0.0526. The Balaban J connectivity index is 1.41. The smallest absolute Gasteiger partial charge is 0.115 e. The lowest BCUT2D eigenvalue weighted by molar-refractivity contribution is 0.475. The lowest BCUT2D eigenvalue weighted by Crippen LogP contribution is -2.25. The second kappa shape index (κ2) is 10.7. The van der Waals surface area contributed by atoms with Crippen LogP contribution in [0.25, 0.3) is 33.4 Å². The summed E-state index contributed by atoms with van der Waals surface area (Å²) in [6.45, 7) is 2.26. The summed E-state index contributed by atoms with van der Waals surface area (Å²) in [4.78, 5) is 0. The molecular weight excluding hydrogens is 504 g/mol. The Hall–Kier alpha value is -5.28. The van der Waals surface area contributed by atoms with E-state index in [9.17, 15) is 15.3 Å². The van der Waals surface area contributed by atoms with Gasteiger partial charge in [-0.3, -0.25) is 0 Å². The van der Waals surface area contributed by atoms with E-state index < -0.39 is 5.41 Å². The maximum atomic E-state index is 9.69. The number of benzene rings is 6. The van der Waals surface area contributed by atoms with Crippen molar-refractivity contribution in [2.24, 2.45) is 0 Å². The summed E-state index contributed by atoms with van der Waals surface area (Å²) in [5.41, 5.74) is 9.45. The summed E-state index contributed by atoms with van der Waals surface area (Å²) < 4.78 is 0. The normalized spacial score (nSPS) is 11.3. The predicted molar refractivity (Wildman–Crippen MR) is 166 cm³/mol. The monoisotopic (exact) mass is 534 g/mol. The molecule has 6 aromatic rings. The molecular formula is C38H30O3. The average molecular weight is 535 g/mol. The molecule has 0 bridgehead atoms. The minimum Gasteiger partial charge on any atom is -0.508 e. The third-order valence-corrected chi connectivity index (χ3v) is 7.99. The Morgan fingerprint density at radius 2 is 0.463 bits per heavy atom. The third kappa shape index (κ3) is 5.18. The van der Waals surface area contributed by atoms with E-state index >= 15 is 0 Å². The highest BCUT2D eigenvalue weighted by Crippen LogP contribution is 2.41. The summed E-state index contributed by atoms with van der Waals surface area (Å²) in [6, 6.07) is 47.7. The van der Waals surface area contributed by atoms with E-state index in [0.717, 1.165) is 50.1 Å². The topological polar surface area (TPSA) is 60.7 Å². The van der Waals surface area contributed by atoms with Gasteiger partial charge in [-0.05, 0) is 93.4 Å². The molecule has 200 valence electrons. The van der Waals surface area contributed by atoms with E-state index in [0.29, 0.717) is 0 Å².